The Hall–Kier alpha value is -2.12. The van der Waals surface area contributed by atoms with E-state index in [-0.39, 0.29) is 11.5 Å². The van der Waals surface area contributed by atoms with Crippen LogP contribution in [0.1, 0.15) is 5.56 Å². The number of methoxy groups -OCH3 is 1. The maximum absolute atomic E-state index is 13.7. The number of fused-ring (bicyclic) bond motifs is 1. The summed E-state index contributed by atoms with van der Waals surface area (Å²) in [6.45, 7) is 0.154. The first-order chi connectivity index (χ1) is 11.0. The number of ether oxygens (including phenoxy) is 2. The number of para-hydroxylation sites is 1. The van der Waals surface area contributed by atoms with E-state index in [0.29, 0.717) is 17.9 Å². The van der Waals surface area contributed by atoms with Crippen molar-refractivity contribution in [3.63, 3.8) is 0 Å². The Bertz CT molecular complexity index is 823. The number of rotatable bonds is 4. The third kappa shape index (κ3) is 3.16. The molecule has 1 aliphatic rings. The number of halogens is 1. The van der Waals surface area contributed by atoms with Crippen LogP contribution in [0.3, 0.4) is 0 Å². The Balaban J connectivity index is 1.81. The van der Waals surface area contributed by atoms with Crippen LogP contribution in [0.5, 0.6) is 11.5 Å². The summed E-state index contributed by atoms with van der Waals surface area (Å²) in [5.41, 5.74) is 0.844. The minimum absolute atomic E-state index is 0.154. The Morgan fingerprint density at radius 3 is 2.74 bits per heavy atom. The number of sulfonamides is 1. The zero-order valence-electron chi connectivity index (χ0n) is 12.5. The third-order valence-electron chi connectivity index (χ3n) is 3.62. The lowest BCUT2D eigenvalue weighted by molar-refractivity contribution is 0.240. The molecule has 0 amide bonds. The zero-order chi connectivity index (χ0) is 16.4. The minimum Gasteiger partial charge on any atom is -0.493 e. The molecule has 1 heterocycles. The van der Waals surface area contributed by atoms with E-state index in [9.17, 15) is 12.8 Å². The largest absolute Gasteiger partial charge is 0.493 e. The molecule has 0 aliphatic carbocycles. The normalized spacial score (nSPS) is 17.2. The van der Waals surface area contributed by atoms with Crippen molar-refractivity contribution in [3.8, 4) is 11.5 Å². The van der Waals surface area contributed by atoms with Crippen LogP contribution in [-0.2, 0) is 16.4 Å². The van der Waals surface area contributed by atoms with Crippen LogP contribution >= 0.6 is 0 Å². The molecule has 0 unspecified atom stereocenters. The highest BCUT2D eigenvalue weighted by atomic mass is 32.2. The molecule has 3 rings (SSSR count). The predicted molar refractivity (Wildman–Crippen MR) is 82.7 cm³/mol. The fourth-order valence-corrected chi connectivity index (χ4v) is 3.88. The Morgan fingerprint density at radius 2 is 2.00 bits per heavy atom. The molecule has 0 radical (unpaired) electrons. The maximum Gasteiger partial charge on any atom is 0.243 e. The van der Waals surface area contributed by atoms with Gasteiger partial charge in [-0.3, -0.25) is 0 Å². The molecule has 122 valence electrons. The van der Waals surface area contributed by atoms with E-state index in [4.69, 9.17) is 9.47 Å². The molecular formula is C16H16FNO4S. The van der Waals surface area contributed by atoms with Crippen LogP contribution in [-0.4, -0.2) is 28.2 Å². The van der Waals surface area contributed by atoms with Crippen molar-refractivity contribution in [1.82, 2.24) is 4.72 Å². The number of nitrogens with one attached hydrogen (secondary N) is 1. The van der Waals surface area contributed by atoms with Gasteiger partial charge < -0.3 is 9.47 Å². The van der Waals surface area contributed by atoms with Gasteiger partial charge in [-0.05, 0) is 30.2 Å². The number of benzene rings is 2. The first-order valence-electron chi connectivity index (χ1n) is 7.07. The van der Waals surface area contributed by atoms with Crippen LogP contribution in [0.25, 0.3) is 0 Å². The first kappa shape index (κ1) is 15.8. The van der Waals surface area contributed by atoms with E-state index in [1.54, 1.807) is 13.2 Å². The lowest BCUT2D eigenvalue weighted by atomic mass is 10.0. The molecule has 23 heavy (non-hydrogen) atoms. The highest BCUT2D eigenvalue weighted by Crippen LogP contribution is 2.34. The van der Waals surface area contributed by atoms with Gasteiger partial charge in [-0.15, -0.1) is 0 Å². The zero-order valence-corrected chi connectivity index (χ0v) is 13.3. The van der Waals surface area contributed by atoms with Crippen LogP contribution < -0.4 is 14.2 Å². The topological polar surface area (TPSA) is 64.6 Å². The molecule has 2 aromatic rings. The summed E-state index contributed by atoms with van der Waals surface area (Å²) < 4.78 is 51.7. The molecule has 0 saturated carbocycles. The van der Waals surface area contributed by atoms with Crippen LogP contribution in [0, 0.1) is 5.82 Å². The summed E-state index contributed by atoms with van der Waals surface area (Å²) in [6.07, 6.45) is 0.445. The molecular weight excluding hydrogens is 321 g/mol. The van der Waals surface area contributed by atoms with E-state index in [1.807, 2.05) is 12.1 Å². The Morgan fingerprint density at radius 1 is 1.22 bits per heavy atom. The van der Waals surface area contributed by atoms with E-state index in [1.165, 1.54) is 18.2 Å². The van der Waals surface area contributed by atoms with Crippen LogP contribution in [0.4, 0.5) is 4.39 Å². The second-order valence-corrected chi connectivity index (χ2v) is 6.89. The van der Waals surface area contributed by atoms with E-state index < -0.39 is 21.9 Å². The van der Waals surface area contributed by atoms with E-state index in [0.717, 1.165) is 11.6 Å². The lowest BCUT2D eigenvalue weighted by Gasteiger charge is -2.27. The molecule has 7 heteroatoms. The molecule has 0 fully saturated rings. The van der Waals surface area contributed by atoms with Crippen molar-refractivity contribution >= 4 is 10.0 Å². The Labute approximate surface area is 134 Å². The fourth-order valence-electron chi connectivity index (χ4n) is 2.58. The van der Waals surface area contributed by atoms with Crippen molar-refractivity contribution in [2.75, 3.05) is 13.7 Å². The molecule has 0 aromatic heterocycles. The fraction of sp³-hybridized carbons (Fsp3) is 0.250. The smallest absolute Gasteiger partial charge is 0.243 e. The number of hydrogen-bond acceptors (Lipinski definition) is 4. The molecule has 5 nitrogen and oxygen atoms in total. The minimum atomic E-state index is -3.95. The maximum atomic E-state index is 13.7. The molecule has 1 atom stereocenters. The SMILES string of the molecule is COc1cccc2c1OC[C@@H](NS(=O)(=O)c1ccccc1F)C2. The first-order valence-corrected chi connectivity index (χ1v) is 8.55. The molecule has 0 saturated heterocycles. The van der Waals surface area contributed by atoms with Gasteiger partial charge in [0.2, 0.25) is 10.0 Å². The van der Waals surface area contributed by atoms with Crippen molar-refractivity contribution in [3.05, 3.63) is 53.8 Å². The van der Waals surface area contributed by atoms with E-state index >= 15 is 0 Å². The van der Waals surface area contributed by atoms with Crippen LogP contribution in [0.2, 0.25) is 0 Å². The van der Waals surface area contributed by atoms with E-state index in [2.05, 4.69) is 4.72 Å². The van der Waals surface area contributed by atoms with Crippen molar-refractivity contribution in [2.24, 2.45) is 0 Å². The highest BCUT2D eigenvalue weighted by molar-refractivity contribution is 7.89. The summed E-state index contributed by atoms with van der Waals surface area (Å²) in [5.74, 6) is 0.452. The summed E-state index contributed by atoms with van der Waals surface area (Å²) in [4.78, 5) is -0.364. The molecule has 2 aromatic carbocycles. The Kier molecular flexibility index (Phi) is 4.23. The van der Waals surface area contributed by atoms with Gasteiger partial charge in [0, 0.05) is 0 Å². The quantitative estimate of drug-likeness (QED) is 0.928. The van der Waals surface area contributed by atoms with Gasteiger partial charge in [0.05, 0.1) is 13.2 Å². The van der Waals surface area contributed by atoms with Gasteiger partial charge in [0.15, 0.2) is 11.5 Å². The summed E-state index contributed by atoms with van der Waals surface area (Å²) in [7, 11) is -2.40. The third-order valence-corrected chi connectivity index (χ3v) is 5.18. The highest BCUT2D eigenvalue weighted by Gasteiger charge is 2.28. The second kappa shape index (κ2) is 6.17. The van der Waals surface area contributed by atoms with Gasteiger partial charge in [-0.2, -0.15) is 0 Å². The summed E-state index contributed by atoms with van der Waals surface area (Å²) in [6, 6.07) is 10.2. The average Bonchev–Trinajstić information content (AvgIpc) is 2.54. The molecule has 1 aliphatic heterocycles. The lowest BCUT2D eigenvalue weighted by Crippen LogP contribution is -2.42. The van der Waals surface area contributed by atoms with Crippen molar-refractivity contribution in [2.45, 2.75) is 17.4 Å². The number of hydrogen-bond donors (Lipinski definition) is 1. The van der Waals surface area contributed by atoms with Gasteiger partial charge >= 0.3 is 0 Å². The van der Waals surface area contributed by atoms with Crippen LogP contribution in [0.15, 0.2) is 47.4 Å². The van der Waals surface area contributed by atoms with Gasteiger partial charge in [-0.1, -0.05) is 24.3 Å². The summed E-state index contributed by atoms with van der Waals surface area (Å²) >= 11 is 0. The predicted octanol–water partition coefficient (Wildman–Crippen LogP) is 2.12. The monoisotopic (exact) mass is 337 g/mol. The van der Waals surface area contributed by atoms with Gasteiger partial charge in [0.1, 0.15) is 17.3 Å². The average molecular weight is 337 g/mol. The second-order valence-electron chi connectivity index (χ2n) is 5.21. The van der Waals surface area contributed by atoms with Crippen molar-refractivity contribution < 1.29 is 22.3 Å². The molecule has 0 spiro atoms. The van der Waals surface area contributed by atoms with Gasteiger partial charge in [0.25, 0.3) is 0 Å². The standard InChI is InChI=1S/C16H16FNO4S/c1-21-14-7-4-5-11-9-12(10-22-16(11)14)18-23(19,20)15-8-3-2-6-13(15)17/h2-8,12,18H,9-10H2,1H3/t12-/m0/s1. The molecule has 0 bridgehead atoms. The van der Waals surface area contributed by atoms with Gasteiger partial charge in [-0.25, -0.2) is 17.5 Å². The van der Waals surface area contributed by atoms with Crippen molar-refractivity contribution in [1.29, 1.82) is 0 Å². The molecule has 1 N–H and O–H groups in total. The summed E-state index contributed by atoms with van der Waals surface area (Å²) in [5, 5.41) is 0.